The summed E-state index contributed by atoms with van der Waals surface area (Å²) < 4.78 is 10.8. The number of carbonyl (C=O) groups is 1. The maximum absolute atomic E-state index is 12.2. The first-order valence-corrected chi connectivity index (χ1v) is 8.66. The van der Waals surface area contributed by atoms with Crippen molar-refractivity contribution < 1.29 is 14.3 Å². The lowest BCUT2D eigenvalue weighted by atomic mass is 10.2. The van der Waals surface area contributed by atoms with Gasteiger partial charge in [0.25, 0.3) is 5.91 Å². The van der Waals surface area contributed by atoms with Crippen LogP contribution in [0.5, 0.6) is 11.5 Å². The van der Waals surface area contributed by atoms with Gasteiger partial charge in [-0.2, -0.15) is 0 Å². The summed E-state index contributed by atoms with van der Waals surface area (Å²) in [7, 11) is 1.62. The number of nitrogens with one attached hydrogen (secondary N) is 1. The van der Waals surface area contributed by atoms with E-state index < -0.39 is 0 Å². The minimum absolute atomic E-state index is 0.184. The van der Waals surface area contributed by atoms with Crippen molar-refractivity contribution in [3.8, 4) is 11.5 Å². The molecule has 128 valence electrons. The van der Waals surface area contributed by atoms with E-state index in [0.29, 0.717) is 18.8 Å². The van der Waals surface area contributed by atoms with Crippen molar-refractivity contribution in [1.82, 2.24) is 10.3 Å². The van der Waals surface area contributed by atoms with E-state index in [9.17, 15) is 4.79 Å². The molecule has 1 aromatic heterocycles. The van der Waals surface area contributed by atoms with Crippen molar-refractivity contribution in [2.24, 2.45) is 0 Å². The van der Waals surface area contributed by atoms with Crippen LogP contribution >= 0.6 is 11.3 Å². The van der Waals surface area contributed by atoms with Crippen LogP contribution in [-0.4, -0.2) is 18.0 Å². The molecule has 1 heterocycles. The molecule has 2 aromatic carbocycles. The summed E-state index contributed by atoms with van der Waals surface area (Å²) in [5.41, 5.74) is 1.46. The maximum Gasteiger partial charge on any atom is 0.271 e. The van der Waals surface area contributed by atoms with Gasteiger partial charge in [-0.05, 0) is 29.8 Å². The highest BCUT2D eigenvalue weighted by atomic mass is 32.1. The molecule has 0 aliphatic heterocycles. The van der Waals surface area contributed by atoms with Crippen LogP contribution in [0.2, 0.25) is 0 Å². The Labute approximate surface area is 150 Å². The predicted octanol–water partition coefficient (Wildman–Crippen LogP) is 3.66. The molecule has 0 bridgehead atoms. The largest absolute Gasteiger partial charge is 0.497 e. The number of rotatable bonds is 7. The predicted molar refractivity (Wildman–Crippen MR) is 97.1 cm³/mol. The van der Waals surface area contributed by atoms with Gasteiger partial charge in [-0.25, -0.2) is 4.98 Å². The molecule has 0 aliphatic rings. The number of benzene rings is 2. The summed E-state index contributed by atoms with van der Waals surface area (Å²) in [5, 5.41) is 5.36. The Balaban J connectivity index is 1.51. The zero-order valence-corrected chi connectivity index (χ0v) is 14.6. The Bertz CT molecular complexity index is 816. The Kier molecular flexibility index (Phi) is 5.64. The summed E-state index contributed by atoms with van der Waals surface area (Å²) in [6, 6.07) is 17.1. The molecule has 0 aliphatic carbocycles. The first-order chi connectivity index (χ1) is 12.2. The zero-order chi connectivity index (χ0) is 17.5. The Morgan fingerprint density at radius 3 is 2.52 bits per heavy atom. The monoisotopic (exact) mass is 354 g/mol. The molecule has 0 atom stereocenters. The second-order valence-electron chi connectivity index (χ2n) is 5.26. The van der Waals surface area contributed by atoms with E-state index in [0.717, 1.165) is 22.1 Å². The van der Waals surface area contributed by atoms with Gasteiger partial charge in [0.1, 0.15) is 28.8 Å². The fraction of sp³-hybridized carbons (Fsp3) is 0.158. The molecule has 0 radical (unpaired) electrons. The van der Waals surface area contributed by atoms with Crippen molar-refractivity contribution in [3.63, 3.8) is 0 Å². The number of nitrogens with zero attached hydrogens (tertiary/aromatic N) is 1. The lowest BCUT2D eigenvalue weighted by molar-refractivity contribution is 0.0946. The molecule has 0 spiro atoms. The van der Waals surface area contributed by atoms with E-state index in [1.807, 2.05) is 54.6 Å². The fourth-order valence-electron chi connectivity index (χ4n) is 2.17. The summed E-state index contributed by atoms with van der Waals surface area (Å²) >= 11 is 1.40. The number of hydrogen-bond donors (Lipinski definition) is 1. The first-order valence-electron chi connectivity index (χ1n) is 7.78. The van der Waals surface area contributed by atoms with Crippen molar-refractivity contribution in [3.05, 3.63) is 76.2 Å². The molecule has 1 amide bonds. The second kappa shape index (κ2) is 8.30. The van der Waals surface area contributed by atoms with Crippen LogP contribution < -0.4 is 14.8 Å². The summed E-state index contributed by atoms with van der Waals surface area (Å²) in [6.45, 7) is 0.803. The smallest absolute Gasteiger partial charge is 0.271 e. The average Bonchev–Trinajstić information content (AvgIpc) is 3.15. The lowest BCUT2D eigenvalue weighted by Gasteiger charge is -2.05. The maximum atomic E-state index is 12.2. The lowest BCUT2D eigenvalue weighted by Crippen LogP contribution is -2.23. The standard InChI is InChI=1S/C19H18N2O3S/c1-23-15-7-9-16(10-8-15)24-12-18-21-17(13-25-18)19(22)20-11-14-5-3-2-4-6-14/h2-10,13H,11-12H2,1H3,(H,20,22). The molecule has 5 nitrogen and oxygen atoms in total. The number of thiazole rings is 1. The Morgan fingerprint density at radius 2 is 1.80 bits per heavy atom. The van der Waals surface area contributed by atoms with Gasteiger partial charge >= 0.3 is 0 Å². The van der Waals surface area contributed by atoms with Gasteiger partial charge in [-0.15, -0.1) is 11.3 Å². The number of carbonyl (C=O) groups excluding carboxylic acids is 1. The number of hydrogen-bond acceptors (Lipinski definition) is 5. The van der Waals surface area contributed by atoms with Crippen molar-refractivity contribution >= 4 is 17.2 Å². The van der Waals surface area contributed by atoms with Crippen LogP contribution in [0.15, 0.2) is 60.0 Å². The highest BCUT2D eigenvalue weighted by Crippen LogP contribution is 2.19. The third-order valence-electron chi connectivity index (χ3n) is 3.50. The summed E-state index contributed by atoms with van der Waals surface area (Å²) in [5.74, 6) is 1.32. The number of amides is 1. The molecule has 0 fully saturated rings. The van der Waals surface area contributed by atoms with E-state index in [-0.39, 0.29) is 5.91 Å². The van der Waals surface area contributed by atoms with Crippen LogP contribution in [0.4, 0.5) is 0 Å². The van der Waals surface area contributed by atoms with Crippen molar-refractivity contribution in [1.29, 1.82) is 0 Å². The van der Waals surface area contributed by atoms with Crippen LogP contribution in [0, 0.1) is 0 Å². The molecular formula is C19H18N2O3S. The number of aromatic nitrogens is 1. The van der Waals surface area contributed by atoms with Crippen molar-refractivity contribution in [2.75, 3.05) is 7.11 Å². The van der Waals surface area contributed by atoms with Crippen LogP contribution in [0.3, 0.4) is 0 Å². The second-order valence-corrected chi connectivity index (χ2v) is 6.20. The van der Waals surface area contributed by atoms with Gasteiger partial charge in [0.2, 0.25) is 0 Å². The van der Waals surface area contributed by atoms with Gasteiger partial charge in [0.15, 0.2) is 0 Å². The average molecular weight is 354 g/mol. The van der Waals surface area contributed by atoms with E-state index in [1.54, 1.807) is 12.5 Å². The molecule has 6 heteroatoms. The third-order valence-corrected chi connectivity index (χ3v) is 4.32. The van der Waals surface area contributed by atoms with E-state index in [2.05, 4.69) is 10.3 Å². The minimum Gasteiger partial charge on any atom is -0.497 e. The summed E-state index contributed by atoms with van der Waals surface area (Å²) in [4.78, 5) is 16.5. The van der Waals surface area contributed by atoms with E-state index in [4.69, 9.17) is 9.47 Å². The molecular weight excluding hydrogens is 336 g/mol. The van der Waals surface area contributed by atoms with Gasteiger partial charge in [-0.3, -0.25) is 4.79 Å². The van der Waals surface area contributed by atoms with Crippen LogP contribution in [0.1, 0.15) is 21.1 Å². The zero-order valence-electron chi connectivity index (χ0n) is 13.8. The fourth-order valence-corrected chi connectivity index (χ4v) is 2.85. The molecule has 3 rings (SSSR count). The van der Waals surface area contributed by atoms with Gasteiger partial charge in [0, 0.05) is 11.9 Å². The van der Waals surface area contributed by atoms with Crippen molar-refractivity contribution in [2.45, 2.75) is 13.2 Å². The normalized spacial score (nSPS) is 10.3. The van der Waals surface area contributed by atoms with Crippen LogP contribution in [0.25, 0.3) is 0 Å². The summed E-state index contributed by atoms with van der Waals surface area (Å²) in [6.07, 6.45) is 0. The molecule has 0 saturated heterocycles. The Morgan fingerprint density at radius 1 is 1.08 bits per heavy atom. The highest BCUT2D eigenvalue weighted by Gasteiger charge is 2.11. The first kappa shape index (κ1) is 17.0. The minimum atomic E-state index is -0.184. The van der Waals surface area contributed by atoms with Gasteiger partial charge in [-0.1, -0.05) is 30.3 Å². The Hall–Kier alpha value is -2.86. The quantitative estimate of drug-likeness (QED) is 0.703. The van der Waals surface area contributed by atoms with E-state index >= 15 is 0 Å². The SMILES string of the molecule is COc1ccc(OCc2nc(C(=O)NCc3ccccc3)cs2)cc1. The molecule has 3 aromatic rings. The highest BCUT2D eigenvalue weighted by molar-refractivity contribution is 7.09. The van der Waals surface area contributed by atoms with Crippen LogP contribution in [-0.2, 0) is 13.2 Å². The molecule has 1 N–H and O–H groups in total. The van der Waals surface area contributed by atoms with Gasteiger partial charge in [0.05, 0.1) is 7.11 Å². The molecule has 0 unspecified atom stereocenters. The van der Waals surface area contributed by atoms with E-state index in [1.165, 1.54) is 11.3 Å². The number of ether oxygens (including phenoxy) is 2. The third kappa shape index (κ3) is 4.81. The molecule has 0 saturated carbocycles. The molecule has 25 heavy (non-hydrogen) atoms. The number of methoxy groups -OCH3 is 1. The topological polar surface area (TPSA) is 60.5 Å². The van der Waals surface area contributed by atoms with Gasteiger partial charge < -0.3 is 14.8 Å².